The second-order valence-electron chi connectivity index (χ2n) is 15.3. The molecule has 65 heavy (non-hydrogen) atoms. The van der Waals surface area contributed by atoms with E-state index in [4.69, 9.17) is 14.2 Å². The van der Waals surface area contributed by atoms with E-state index in [1.807, 2.05) is 24.3 Å². The Morgan fingerprint density at radius 1 is 0.954 bits per heavy atom. The highest BCUT2D eigenvalue weighted by atomic mass is 32.3. The van der Waals surface area contributed by atoms with Crippen molar-refractivity contribution in [3.63, 3.8) is 0 Å². The Hall–Kier alpha value is -5.43. The van der Waals surface area contributed by atoms with Crippen molar-refractivity contribution in [1.29, 1.82) is 0 Å². The van der Waals surface area contributed by atoms with E-state index in [0.29, 0.717) is 106 Å². The first-order valence-electron chi connectivity index (χ1n) is 21.1. The Morgan fingerprint density at radius 2 is 1.68 bits per heavy atom. The maximum atomic E-state index is 13.5. The number of amides is 1. The molecule has 0 saturated heterocycles. The average Bonchev–Trinajstić information content (AvgIpc) is 3.65. The second kappa shape index (κ2) is 24.2. The molecule has 2 aromatic heterocycles. The maximum Gasteiger partial charge on any atom is 0.305 e. The van der Waals surface area contributed by atoms with Gasteiger partial charge in [0.2, 0.25) is 0 Å². The molecule has 0 unspecified atom stereocenters. The number of carbonyl (C=O) groups excluding carboxylic acids is 1. The molecular formula is C44H57N9O11S. The summed E-state index contributed by atoms with van der Waals surface area (Å²) < 4.78 is 45.8. The Balaban J connectivity index is 0.830. The lowest BCUT2D eigenvalue weighted by Gasteiger charge is -2.30. The van der Waals surface area contributed by atoms with Gasteiger partial charge >= 0.3 is 5.97 Å². The van der Waals surface area contributed by atoms with Crippen molar-refractivity contribution in [3.8, 4) is 0 Å². The van der Waals surface area contributed by atoms with Gasteiger partial charge in [-0.25, -0.2) is 9.97 Å². The summed E-state index contributed by atoms with van der Waals surface area (Å²) in [4.78, 5) is 40.6. The molecular weight excluding hydrogens is 863 g/mol. The summed E-state index contributed by atoms with van der Waals surface area (Å²) in [6.07, 6.45) is 0.343. The van der Waals surface area contributed by atoms with Crippen LogP contribution in [-0.4, -0.2) is 138 Å². The van der Waals surface area contributed by atoms with Crippen LogP contribution in [0.3, 0.4) is 0 Å². The fourth-order valence-electron chi connectivity index (χ4n) is 7.14. The zero-order valence-electron chi connectivity index (χ0n) is 36.0. The number of hydrogen-bond acceptors (Lipinski definition) is 17. The van der Waals surface area contributed by atoms with Crippen molar-refractivity contribution >= 4 is 45.3 Å². The number of aromatic nitrogens is 3. The van der Waals surface area contributed by atoms with Crippen LogP contribution in [0.25, 0.3) is 11.0 Å². The molecule has 0 aliphatic carbocycles. The lowest BCUT2D eigenvalue weighted by molar-refractivity contribution is -0.138. The number of rotatable bonds is 25. The zero-order valence-corrected chi connectivity index (χ0v) is 36.8. The molecule has 0 radical (unpaired) electrons. The van der Waals surface area contributed by atoms with Crippen molar-refractivity contribution in [2.45, 2.75) is 62.3 Å². The Bertz CT molecular complexity index is 2300. The minimum atomic E-state index is -3.88. The number of benzene rings is 3. The van der Waals surface area contributed by atoms with Crippen LogP contribution in [0.2, 0.25) is 0 Å². The summed E-state index contributed by atoms with van der Waals surface area (Å²) in [7, 11) is -2.17. The molecule has 350 valence electrons. The fourth-order valence-corrected chi connectivity index (χ4v) is 7.88. The number of aliphatic hydroxyl groups excluding tert-OH is 2. The summed E-state index contributed by atoms with van der Waals surface area (Å²) in [6.45, 7) is 3.83. The van der Waals surface area contributed by atoms with Crippen LogP contribution in [-0.2, 0) is 38.6 Å². The van der Waals surface area contributed by atoms with Crippen LogP contribution >= 0.6 is 10.9 Å². The monoisotopic (exact) mass is 919 g/mol. The molecule has 1 aliphatic heterocycles. The molecule has 0 fully saturated rings. The molecule has 0 spiro atoms. The van der Waals surface area contributed by atoms with Crippen LogP contribution in [0.1, 0.15) is 58.4 Å². The number of aliphatic hydroxyl groups is 2. The number of aliphatic carboxylic acids is 1. The van der Waals surface area contributed by atoms with Crippen molar-refractivity contribution in [3.05, 3.63) is 113 Å². The van der Waals surface area contributed by atoms with Crippen molar-refractivity contribution < 1.29 is 52.8 Å². The van der Waals surface area contributed by atoms with Gasteiger partial charge in [-0.2, -0.15) is 5.11 Å². The highest BCUT2D eigenvalue weighted by Crippen LogP contribution is 2.45. The molecule has 21 heteroatoms. The van der Waals surface area contributed by atoms with Crippen molar-refractivity contribution in [2.75, 3.05) is 65.1 Å². The number of carbonyl (C=O) groups is 2. The van der Waals surface area contributed by atoms with E-state index in [-0.39, 0.29) is 30.3 Å². The van der Waals surface area contributed by atoms with Gasteiger partial charge in [0, 0.05) is 56.4 Å². The summed E-state index contributed by atoms with van der Waals surface area (Å²) in [6, 6.07) is 21.7. The average molecular weight is 920 g/mol. The van der Waals surface area contributed by atoms with Crippen LogP contribution in [0.5, 0.6) is 0 Å². The van der Waals surface area contributed by atoms with Gasteiger partial charge in [-0.1, -0.05) is 30.3 Å². The lowest BCUT2D eigenvalue weighted by atomic mass is 10.1. The number of hydrogen-bond donors (Lipinski definition) is 9. The zero-order chi connectivity index (χ0) is 46.2. The first-order valence-corrected chi connectivity index (χ1v) is 22.6. The van der Waals surface area contributed by atoms with Gasteiger partial charge in [0.15, 0.2) is 5.82 Å². The quantitative estimate of drug-likeness (QED) is 0.0196. The number of nitrogens with zero attached hydrogens (tertiary/aromatic N) is 6. The molecule has 9 N–H and O–H groups in total. The Kier molecular flexibility index (Phi) is 18.2. The molecule has 6 rings (SSSR count). The molecule has 20 nitrogen and oxygen atoms in total. The number of anilines is 1. The molecule has 5 aromatic rings. The van der Waals surface area contributed by atoms with E-state index in [9.17, 15) is 38.6 Å². The minimum absolute atomic E-state index is 0.00711. The van der Waals surface area contributed by atoms with Crippen LogP contribution < -0.4 is 10.6 Å². The van der Waals surface area contributed by atoms with Crippen molar-refractivity contribution in [2.24, 2.45) is 10.2 Å². The minimum Gasteiger partial charge on any atom is -0.481 e. The number of H-pyrrole nitrogens is 1. The van der Waals surface area contributed by atoms with E-state index in [2.05, 4.69) is 35.8 Å². The smallest absolute Gasteiger partial charge is 0.305 e. The molecule has 0 bridgehead atoms. The number of carboxylic acids is 1. The molecule has 3 heterocycles. The molecule has 3 atom stereocenters. The number of nitrogens with one attached hydrogen (secondary N) is 3. The topological polar surface area (TPSA) is 280 Å². The number of fused-ring (bicyclic) bond motifs is 2. The predicted molar refractivity (Wildman–Crippen MR) is 242 cm³/mol. The van der Waals surface area contributed by atoms with Gasteiger partial charge < -0.3 is 58.4 Å². The Labute approximate surface area is 377 Å². The normalized spacial score (nSPS) is 16.3. The van der Waals surface area contributed by atoms with Crippen LogP contribution in [0.4, 0.5) is 11.5 Å². The van der Waals surface area contributed by atoms with Gasteiger partial charge in [0.25, 0.3) is 5.91 Å². The maximum absolute atomic E-state index is 13.5. The third kappa shape index (κ3) is 14.8. The first kappa shape index (κ1) is 49.0. The molecule has 1 amide bonds. The van der Waals surface area contributed by atoms with E-state index < -0.39 is 35.3 Å². The number of azo groups is 1. The number of aromatic amines is 1. The number of para-hydroxylation sites is 2. The summed E-state index contributed by atoms with van der Waals surface area (Å²) >= 11 is 0. The van der Waals surface area contributed by atoms with E-state index in [1.165, 1.54) is 12.3 Å². The number of carboxylic acid groups (broad SMARTS) is 1. The van der Waals surface area contributed by atoms with Gasteiger partial charge in [0.05, 0.1) is 67.9 Å². The van der Waals surface area contributed by atoms with Gasteiger partial charge in [0.1, 0.15) is 29.2 Å². The Morgan fingerprint density at radius 3 is 2.40 bits per heavy atom. The standard InChI is InChI=1S/C44H57N9O11S/c1-52(29-40-49-35-9-3-4-10-36(35)50-40)43(57)30-12-14-34-33(24-30)28-53(44(58)37(48-34)25-41(54)55)17-7-19-63-21-23-64-22-20-62-18-6-16-45-42(56)32-13-15-39(46-26-32)51-47-27-31-8-2-5-11-38(31)65(59,60)61/h2-5,8-15,24,26,37,42,44-45,48,56,58-61H,6-7,16-23,25,27-29H2,1H3,(H,49,50)(H,54,55)/t37-,42-,44-/m0/s1. The molecule has 3 aromatic carbocycles. The third-order valence-electron chi connectivity index (χ3n) is 10.4. The van der Waals surface area contributed by atoms with Crippen LogP contribution in [0.15, 0.2) is 100 Å². The highest BCUT2D eigenvalue weighted by Gasteiger charge is 2.32. The lowest BCUT2D eigenvalue weighted by Crippen LogP contribution is -2.46. The van der Waals surface area contributed by atoms with Crippen molar-refractivity contribution in [1.82, 2.24) is 30.1 Å². The van der Waals surface area contributed by atoms with E-state index in [0.717, 1.165) is 16.6 Å². The predicted octanol–water partition coefficient (Wildman–Crippen LogP) is 5.60. The van der Waals surface area contributed by atoms with Gasteiger partial charge in [-0.3, -0.25) is 19.8 Å². The fraction of sp³-hybridized carbons (Fsp3) is 0.409. The number of imidazole rings is 1. The third-order valence-corrected chi connectivity index (χ3v) is 11.4. The SMILES string of the molecule is CN(Cc1nc2ccccc2[nH]1)C(=O)c1ccc2c(c1)CN(CCCOCCOCCOCCCN[C@@H](O)c1ccc(N=NCc3ccccc3S(O)(O)O)nc1)[C@@H](O)[C@H](CC(=O)O)N2. The summed E-state index contributed by atoms with van der Waals surface area (Å²) in [5.74, 6) is -0.284. The first-order chi connectivity index (χ1) is 31.4. The largest absolute Gasteiger partial charge is 0.481 e. The number of pyridine rings is 1. The molecule has 0 saturated carbocycles. The van der Waals surface area contributed by atoms with Gasteiger partial charge in [-0.05, 0) is 79.0 Å². The van der Waals surface area contributed by atoms with Gasteiger partial charge in [-0.15, -0.1) is 5.11 Å². The summed E-state index contributed by atoms with van der Waals surface area (Å²) in [5.41, 5.74) is 4.56. The summed E-state index contributed by atoms with van der Waals surface area (Å²) in [5, 5.41) is 45.6. The number of ether oxygens (including phenoxy) is 3. The van der Waals surface area contributed by atoms with E-state index in [1.54, 1.807) is 65.4 Å². The molecule has 1 aliphatic rings. The van der Waals surface area contributed by atoms with Crippen LogP contribution in [0, 0.1) is 0 Å². The highest BCUT2D eigenvalue weighted by molar-refractivity contribution is 8.19. The van der Waals surface area contributed by atoms with E-state index >= 15 is 0 Å². The second-order valence-corrected chi connectivity index (χ2v) is 16.8.